The number of fused-ring (bicyclic) bond motifs is 1. The number of aromatic amines is 1. The van der Waals surface area contributed by atoms with Crippen molar-refractivity contribution in [2.45, 2.75) is 16.3 Å². The number of nitrogens with one attached hydrogen (secondary N) is 2. The van der Waals surface area contributed by atoms with Gasteiger partial charge in [-0.25, -0.2) is 23.0 Å². The van der Waals surface area contributed by atoms with Crippen molar-refractivity contribution in [2.75, 3.05) is 17.6 Å². The monoisotopic (exact) mass is 418 g/mol. The number of rotatable bonds is 7. The van der Waals surface area contributed by atoms with E-state index in [0.717, 1.165) is 10.9 Å². The van der Waals surface area contributed by atoms with Gasteiger partial charge in [-0.05, 0) is 18.4 Å². The highest BCUT2D eigenvalue weighted by Gasteiger charge is 2.15. The lowest BCUT2D eigenvalue weighted by atomic mass is 10.2. The Balaban J connectivity index is 1.80. The molecule has 0 aliphatic heterocycles. The summed E-state index contributed by atoms with van der Waals surface area (Å²) in [6, 6.07) is 5.20. The van der Waals surface area contributed by atoms with Crippen LogP contribution >= 0.6 is 23.4 Å². The number of hydrogen-bond donors (Lipinski definition) is 2. The molecule has 138 valence electrons. The van der Waals surface area contributed by atoms with E-state index in [1.54, 1.807) is 30.7 Å². The maximum Gasteiger partial charge on any atom is 0.272 e. The number of halogens is 3. The Bertz CT molecular complexity index is 955. The summed E-state index contributed by atoms with van der Waals surface area (Å²) in [5.74, 6) is 0.247. The zero-order valence-electron chi connectivity index (χ0n) is 13.3. The molecule has 0 radical (unpaired) electrons. The molecule has 11 heteroatoms. The Labute approximate surface area is 159 Å². The maximum atomic E-state index is 12.6. The Morgan fingerprint density at radius 3 is 3.00 bits per heavy atom. The third-order valence-corrected chi connectivity index (χ3v) is 5.29. The van der Waals surface area contributed by atoms with Crippen molar-refractivity contribution in [2.24, 2.45) is 0 Å². The standard InChI is InChI=1S/C15H13ClF2N4O2S2/c1-25-14-11(24-7-13(17)18)5-20-15(21-14)22-26(23)12-6-19-10-4-8(16)2-3-9(10)12/h2-6,13,19H,7H2,1H3,(H,20,21,22). The summed E-state index contributed by atoms with van der Waals surface area (Å²) in [5, 5.41) is 1.69. The summed E-state index contributed by atoms with van der Waals surface area (Å²) in [7, 11) is -1.63. The van der Waals surface area contributed by atoms with Crippen molar-refractivity contribution >= 4 is 51.2 Å². The topological polar surface area (TPSA) is 79.9 Å². The minimum Gasteiger partial charge on any atom is -0.483 e. The van der Waals surface area contributed by atoms with Gasteiger partial charge in [-0.1, -0.05) is 17.7 Å². The van der Waals surface area contributed by atoms with Crippen LogP contribution in [0.5, 0.6) is 5.75 Å². The third-order valence-electron chi connectivity index (χ3n) is 3.27. The van der Waals surface area contributed by atoms with Gasteiger partial charge in [-0.2, -0.15) is 0 Å². The lowest BCUT2D eigenvalue weighted by Crippen LogP contribution is -2.11. The average Bonchev–Trinajstić information content (AvgIpc) is 3.03. The van der Waals surface area contributed by atoms with Gasteiger partial charge < -0.3 is 9.72 Å². The van der Waals surface area contributed by atoms with Gasteiger partial charge in [0.2, 0.25) is 5.95 Å². The molecular weight excluding hydrogens is 406 g/mol. The van der Waals surface area contributed by atoms with E-state index >= 15 is 0 Å². The van der Waals surface area contributed by atoms with Crippen LogP contribution < -0.4 is 9.46 Å². The van der Waals surface area contributed by atoms with Gasteiger partial charge in [-0.15, -0.1) is 11.8 Å². The predicted octanol–water partition coefficient (Wildman–Crippen LogP) is 4.11. The van der Waals surface area contributed by atoms with E-state index in [2.05, 4.69) is 19.7 Å². The summed E-state index contributed by atoms with van der Waals surface area (Å²) >= 11 is 7.15. The van der Waals surface area contributed by atoms with Crippen LogP contribution in [0.15, 0.2) is 40.5 Å². The number of benzene rings is 1. The molecular formula is C15H13ClF2N4O2S2. The minimum atomic E-state index is -2.59. The van der Waals surface area contributed by atoms with Crippen molar-refractivity contribution in [3.05, 3.63) is 35.6 Å². The Kier molecular flexibility index (Phi) is 5.94. The second kappa shape index (κ2) is 8.19. The van der Waals surface area contributed by atoms with Crippen molar-refractivity contribution in [1.82, 2.24) is 15.0 Å². The molecule has 3 rings (SSSR count). The molecule has 2 heterocycles. The largest absolute Gasteiger partial charge is 0.483 e. The number of hydrogen-bond acceptors (Lipinski definition) is 5. The van der Waals surface area contributed by atoms with Gasteiger partial charge >= 0.3 is 0 Å². The molecule has 0 aliphatic carbocycles. The zero-order chi connectivity index (χ0) is 18.7. The number of ether oxygens (including phenoxy) is 1. The second-order valence-corrected chi connectivity index (χ2v) is 7.40. The van der Waals surface area contributed by atoms with E-state index in [4.69, 9.17) is 16.3 Å². The van der Waals surface area contributed by atoms with Gasteiger partial charge in [0.15, 0.2) is 16.7 Å². The molecule has 0 saturated carbocycles. The first kappa shape index (κ1) is 18.9. The fourth-order valence-electron chi connectivity index (χ4n) is 2.17. The molecule has 0 spiro atoms. The fourth-order valence-corrected chi connectivity index (χ4v) is 3.75. The molecule has 0 bridgehead atoms. The van der Waals surface area contributed by atoms with Gasteiger partial charge in [0, 0.05) is 22.1 Å². The van der Waals surface area contributed by atoms with E-state index in [1.807, 2.05) is 0 Å². The third kappa shape index (κ3) is 4.25. The van der Waals surface area contributed by atoms with E-state index in [1.165, 1.54) is 18.0 Å². The Morgan fingerprint density at radius 1 is 1.46 bits per heavy atom. The molecule has 6 nitrogen and oxygen atoms in total. The molecule has 1 aromatic carbocycles. The molecule has 3 aromatic rings. The van der Waals surface area contributed by atoms with E-state index in [0.29, 0.717) is 14.9 Å². The number of anilines is 1. The summed E-state index contributed by atoms with van der Waals surface area (Å²) in [5.41, 5.74) is 0.754. The first-order valence-electron chi connectivity index (χ1n) is 7.25. The smallest absolute Gasteiger partial charge is 0.272 e. The number of aromatic nitrogens is 3. The first-order chi connectivity index (χ1) is 12.5. The fraction of sp³-hybridized carbons (Fsp3) is 0.200. The molecule has 26 heavy (non-hydrogen) atoms. The quantitative estimate of drug-likeness (QED) is 0.446. The lowest BCUT2D eigenvalue weighted by Gasteiger charge is -2.10. The average molecular weight is 419 g/mol. The highest BCUT2D eigenvalue weighted by molar-refractivity contribution is 7.98. The molecule has 0 amide bonds. The molecule has 2 N–H and O–H groups in total. The Morgan fingerprint density at radius 2 is 2.27 bits per heavy atom. The van der Waals surface area contributed by atoms with Crippen LogP contribution in [0.4, 0.5) is 14.7 Å². The first-order valence-corrected chi connectivity index (χ1v) is 10.00. The number of thioether (sulfide) groups is 1. The van der Waals surface area contributed by atoms with E-state index < -0.39 is 24.0 Å². The normalized spacial score (nSPS) is 12.5. The number of H-pyrrole nitrogens is 1. The molecule has 0 fully saturated rings. The van der Waals surface area contributed by atoms with Crippen LogP contribution in [0.25, 0.3) is 10.9 Å². The molecule has 1 atom stereocenters. The molecule has 0 saturated heterocycles. The summed E-state index contributed by atoms with van der Waals surface area (Å²) in [6.45, 7) is -0.743. The van der Waals surface area contributed by atoms with Gasteiger partial charge in [-0.3, -0.25) is 4.72 Å². The molecule has 0 aliphatic rings. The van der Waals surface area contributed by atoms with Crippen molar-refractivity contribution in [1.29, 1.82) is 0 Å². The van der Waals surface area contributed by atoms with Gasteiger partial charge in [0.05, 0.1) is 11.1 Å². The molecule has 2 aromatic heterocycles. The highest BCUT2D eigenvalue weighted by Crippen LogP contribution is 2.28. The number of alkyl halides is 2. The summed E-state index contributed by atoms with van der Waals surface area (Å²) in [4.78, 5) is 11.7. The van der Waals surface area contributed by atoms with Crippen LogP contribution in [-0.2, 0) is 11.0 Å². The second-order valence-electron chi connectivity index (χ2n) is 4.98. The summed E-state index contributed by atoms with van der Waals surface area (Å²) in [6.07, 6.45) is 2.02. The zero-order valence-corrected chi connectivity index (χ0v) is 15.7. The Hall–Kier alpha value is -1.91. The minimum absolute atomic E-state index is 0.0976. The predicted molar refractivity (Wildman–Crippen MR) is 98.7 cm³/mol. The molecule has 1 unspecified atom stereocenters. The van der Waals surface area contributed by atoms with E-state index in [9.17, 15) is 13.0 Å². The van der Waals surface area contributed by atoms with Gasteiger partial charge in [0.25, 0.3) is 6.43 Å². The maximum absolute atomic E-state index is 12.6. The van der Waals surface area contributed by atoms with Crippen LogP contribution in [0.1, 0.15) is 0 Å². The van der Waals surface area contributed by atoms with Gasteiger partial charge in [0.1, 0.15) is 11.6 Å². The number of nitrogens with zero attached hydrogens (tertiary/aromatic N) is 2. The highest BCUT2D eigenvalue weighted by atomic mass is 35.5. The van der Waals surface area contributed by atoms with Crippen molar-refractivity contribution in [3.63, 3.8) is 0 Å². The van der Waals surface area contributed by atoms with E-state index in [-0.39, 0.29) is 11.7 Å². The van der Waals surface area contributed by atoms with Crippen LogP contribution in [0.3, 0.4) is 0 Å². The van der Waals surface area contributed by atoms with Crippen molar-refractivity contribution < 1.29 is 17.7 Å². The van der Waals surface area contributed by atoms with Crippen LogP contribution in [-0.4, -0.2) is 38.4 Å². The van der Waals surface area contributed by atoms with Crippen molar-refractivity contribution in [3.8, 4) is 5.75 Å². The lowest BCUT2D eigenvalue weighted by molar-refractivity contribution is 0.0800. The SMILES string of the molecule is CSc1nc(NS(=O)c2c[nH]c3cc(Cl)ccc23)ncc1OCC(F)F. The van der Waals surface area contributed by atoms with Crippen LogP contribution in [0, 0.1) is 0 Å². The van der Waals surface area contributed by atoms with Crippen LogP contribution in [0.2, 0.25) is 5.02 Å². The summed E-state index contributed by atoms with van der Waals surface area (Å²) < 4.78 is 44.8.